The predicted molar refractivity (Wildman–Crippen MR) is 70.8 cm³/mol. The lowest BCUT2D eigenvalue weighted by atomic mass is 9.98. The monoisotopic (exact) mass is 234 g/mol. The maximum atomic E-state index is 9.18. The maximum Gasteiger partial charge on any atom is 0.0471 e. The molecule has 3 nitrogen and oxygen atoms in total. The Morgan fingerprint density at radius 1 is 1.29 bits per heavy atom. The number of anilines is 1. The predicted octanol–water partition coefficient (Wildman–Crippen LogP) is 1.52. The highest BCUT2D eigenvalue weighted by atomic mass is 16.3. The molecule has 1 aliphatic heterocycles. The summed E-state index contributed by atoms with van der Waals surface area (Å²) in [7, 11) is 0. The average molecular weight is 234 g/mol. The highest BCUT2D eigenvalue weighted by Gasteiger charge is 2.18. The van der Waals surface area contributed by atoms with Gasteiger partial charge in [-0.2, -0.15) is 0 Å². The quantitative estimate of drug-likeness (QED) is 0.777. The van der Waals surface area contributed by atoms with Crippen molar-refractivity contribution in [2.45, 2.75) is 19.3 Å². The van der Waals surface area contributed by atoms with Crippen LogP contribution in [0.3, 0.4) is 0 Å². The van der Waals surface area contributed by atoms with Crippen LogP contribution in [-0.2, 0) is 6.42 Å². The molecule has 0 saturated carbocycles. The fourth-order valence-corrected chi connectivity index (χ4v) is 2.47. The summed E-state index contributed by atoms with van der Waals surface area (Å²) in [6, 6.07) is 8.12. The van der Waals surface area contributed by atoms with Crippen LogP contribution in [0.4, 0.5) is 5.69 Å². The first kappa shape index (κ1) is 12.4. The van der Waals surface area contributed by atoms with Crippen molar-refractivity contribution in [3.8, 4) is 0 Å². The number of aliphatic hydroxyl groups is 1. The van der Waals surface area contributed by atoms with Gasteiger partial charge in [0, 0.05) is 25.4 Å². The van der Waals surface area contributed by atoms with E-state index in [-0.39, 0.29) is 0 Å². The molecule has 1 fully saturated rings. The molecule has 1 aromatic carbocycles. The van der Waals surface area contributed by atoms with Gasteiger partial charge in [-0.05, 0) is 49.4 Å². The minimum Gasteiger partial charge on any atom is -0.399 e. The van der Waals surface area contributed by atoms with Crippen LogP contribution in [0.1, 0.15) is 18.4 Å². The number of piperidine rings is 1. The molecule has 1 atom stereocenters. The molecule has 0 amide bonds. The number of likely N-dealkylation sites (tertiary alicyclic amines) is 1. The van der Waals surface area contributed by atoms with Crippen molar-refractivity contribution in [1.82, 2.24) is 4.90 Å². The van der Waals surface area contributed by atoms with E-state index in [4.69, 9.17) is 5.73 Å². The molecule has 0 bridgehead atoms. The van der Waals surface area contributed by atoms with E-state index in [9.17, 15) is 5.11 Å². The summed E-state index contributed by atoms with van der Waals surface area (Å²) in [6.45, 7) is 3.63. The van der Waals surface area contributed by atoms with E-state index in [0.717, 1.165) is 25.2 Å². The number of benzene rings is 1. The summed E-state index contributed by atoms with van der Waals surface area (Å²) >= 11 is 0. The van der Waals surface area contributed by atoms with Gasteiger partial charge < -0.3 is 15.7 Å². The summed E-state index contributed by atoms with van der Waals surface area (Å²) in [6.07, 6.45) is 3.46. The van der Waals surface area contributed by atoms with Crippen LogP contribution in [0.15, 0.2) is 24.3 Å². The van der Waals surface area contributed by atoms with E-state index in [1.807, 2.05) is 12.1 Å². The SMILES string of the molecule is Nc1ccc(CCN2CCCC(CO)C2)cc1. The third-order valence-electron chi connectivity index (χ3n) is 3.56. The average Bonchev–Trinajstić information content (AvgIpc) is 2.38. The normalized spacial score (nSPS) is 21.6. The minimum absolute atomic E-state index is 0.332. The number of nitrogens with two attached hydrogens (primary N) is 1. The van der Waals surface area contributed by atoms with Crippen LogP contribution in [-0.4, -0.2) is 36.2 Å². The Morgan fingerprint density at radius 2 is 2.06 bits per heavy atom. The molecule has 0 aromatic heterocycles. The molecule has 3 heteroatoms. The second-order valence-electron chi connectivity index (χ2n) is 4.98. The Labute approximate surface area is 103 Å². The van der Waals surface area contributed by atoms with Gasteiger partial charge in [-0.15, -0.1) is 0 Å². The third kappa shape index (κ3) is 3.72. The number of hydrogen-bond donors (Lipinski definition) is 2. The molecule has 1 aromatic rings. The highest BCUT2D eigenvalue weighted by molar-refractivity contribution is 5.39. The van der Waals surface area contributed by atoms with Crippen LogP contribution in [0, 0.1) is 5.92 Å². The molecular formula is C14H22N2O. The van der Waals surface area contributed by atoms with E-state index in [1.165, 1.54) is 24.9 Å². The zero-order chi connectivity index (χ0) is 12.1. The number of nitrogens with zero attached hydrogens (tertiary/aromatic N) is 1. The van der Waals surface area contributed by atoms with Gasteiger partial charge in [-0.1, -0.05) is 12.1 Å². The standard InChI is InChI=1S/C14H22N2O/c15-14-5-3-12(4-6-14)7-9-16-8-1-2-13(10-16)11-17/h3-6,13,17H,1-2,7-11,15H2. The Balaban J connectivity index is 1.79. The van der Waals surface area contributed by atoms with E-state index in [0.29, 0.717) is 12.5 Å². The lowest BCUT2D eigenvalue weighted by Crippen LogP contribution is -2.37. The molecule has 1 saturated heterocycles. The molecule has 0 aliphatic carbocycles. The van der Waals surface area contributed by atoms with Crippen molar-refractivity contribution < 1.29 is 5.11 Å². The zero-order valence-corrected chi connectivity index (χ0v) is 10.3. The van der Waals surface area contributed by atoms with Crippen molar-refractivity contribution >= 4 is 5.69 Å². The molecule has 1 aliphatic rings. The first-order valence-corrected chi connectivity index (χ1v) is 6.45. The number of rotatable bonds is 4. The van der Waals surface area contributed by atoms with Crippen LogP contribution in [0.2, 0.25) is 0 Å². The largest absolute Gasteiger partial charge is 0.399 e. The van der Waals surface area contributed by atoms with Gasteiger partial charge in [-0.25, -0.2) is 0 Å². The molecule has 0 spiro atoms. The molecular weight excluding hydrogens is 212 g/mol. The lowest BCUT2D eigenvalue weighted by Gasteiger charge is -2.31. The summed E-state index contributed by atoms with van der Waals surface area (Å²) < 4.78 is 0. The second kappa shape index (κ2) is 6.03. The van der Waals surface area contributed by atoms with Crippen LogP contribution in [0.25, 0.3) is 0 Å². The topological polar surface area (TPSA) is 49.5 Å². The molecule has 94 valence electrons. The van der Waals surface area contributed by atoms with Gasteiger partial charge in [0.25, 0.3) is 0 Å². The van der Waals surface area contributed by atoms with Gasteiger partial charge >= 0.3 is 0 Å². The maximum absolute atomic E-state index is 9.18. The highest BCUT2D eigenvalue weighted by Crippen LogP contribution is 2.16. The molecule has 17 heavy (non-hydrogen) atoms. The molecule has 3 N–H and O–H groups in total. The fraction of sp³-hybridized carbons (Fsp3) is 0.571. The number of aliphatic hydroxyl groups excluding tert-OH is 1. The van der Waals surface area contributed by atoms with Gasteiger partial charge in [0.15, 0.2) is 0 Å². The minimum atomic E-state index is 0.332. The van der Waals surface area contributed by atoms with Crippen molar-refractivity contribution in [1.29, 1.82) is 0 Å². The smallest absolute Gasteiger partial charge is 0.0471 e. The van der Waals surface area contributed by atoms with Crippen LogP contribution >= 0.6 is 0 Å². The van der Waals surface area contributed by atoms with E-state index in [2.05, 4.69) is 17.0 Å². The van der Waals surface area contributed by atoms with Crippen molar-refractivity contribution in [2.75, 3.05) is 32.0 Å². The van der Waals surface area contributed by atoms with Crippen LogP contribution in [0.5, 0.6) is 0 Å². The summed E-state index contributed by atoms with van der Waals surface area (Å²) in [5, 5.41) is 9.18. The van der Waals surface area contributed by atoms with Crippen molar-refractivity contribution in [2.24, 2.45) is 5.92 Å². The van der Waals surface area contributed by atoms with E-state index < -0.39 is 0 Å². The Bertz CT molecular complexity index is 337. The summed E-state index contributed by atoms with van der Waals surface area (Å²) in [4.78, 5) is 2.46. The molecule has 0 radical (unpaired) electrons. The van der Waals surface area contributed by atoms with Crippen LogP contribution < -0.4 is 5.73 Å². The zero-order valence-electron chi connectivity index (χ0n) is 10.3. The number of nitrogen functional groups attached to an aromatic ring is 1. The van der Waals surface area contributed by atoms with Gasteiger partial charge in [0.05, 0.1) is 0 Å². The first-order chi connectivity index (χ1) is 8.28. The number of hydrogen-bond acceptors (Lipinski definition) is 3. The summed E-state index contributed by atoms with van der Waals surface area (Å²) in [5.41, 5.74) is 7.83. The third-order valence-corrected chi connectivity index (χ3v) is 3.56. The summed E-state index contributed by atoms with van der Waals surface area (Å²) in [5.74, 6) is 0.482. The second-order valence-corrected chi connectivity index (χ2v) is 4.98. The lowest BCUT2D eigenvalue weighted by molar-refractivity contribution is 0.121. The van der Waals surface area contributed by atoms with E-state index in [1.54, 1.807) is 0 Å². The van der Waals surface area contributed by atoms with Gasteiger partial charge in [-0.3, -0.25) is 0 Å². The molecule has 1 heterocycles. The molecule has 2 rings (SSSR count). The Morgan fingerprint density at radius 3 is 2.76 bits per heavy atom. The fourth-order valence-electron chi connectivity index (χ4n) is 2.47. The van der Waals surface area contributed by atoms with E-state index >= 15 is 0 Å². The van der Waals surface area contributed by atoms with Crippen molar-refractivity contribution in [3.05, 3.63) is 29.8 Å². The van der Waals surface area contributed by atoms with Gasteiger partial charge in [0.2, 0.25) is 0 Å². The van der Waals surface area contributed by atoms with Gasteiger partial charge in [0.1, 0.15) is 0 Å². The Hall–Kier alpha value is -1.06. The molecule has 1 unspecified atom stereocenters. The van der Waals surface area contributed by atoms with Crippen molar-refractivity contribution in [3.63, 3.8) is 0 Å². The Kier molecular flexibility index (Phi) is 4.40. The first-order valence-electron chi connectivity index (χ1n) is 6.45.